The van der Waals surface area contributed by atoms with Gasteiger partial charge in [0.25, 0.3) is 5.56 Å². The molecule has 5 heteroatoms. The minimum absolute atomic E-state index is 0.0573. The normalized spacial score (nSPS) is 10.3. The smallest absolute Gasteiger partial charge is 0.262 e. The van der Waals surface area contributed by atoms with Gasteiger partial charge in [0, 0.05) is 6.07 Å². The number of nitriles is 1. The van der Waals surface area contributed by atoms with Gasteiger partial charge in [-0.05, 0) is 18.6 Å². The highest BCUT2D eigenvalue weighted by Crippen LogP contribution is 2.13. The Morgan fingerprint density at radius 3 is 3.00 bits per heavy atom. The van der Waals surface area contributed by atoms with Crippen molar-refractivity contribution in [3.05, 3.63) is 40.2 Å². The van der Waals surface area contributed by atoms with E-state index < -0.39 is 5.82 Å². The Morgan fingerprint density at radius 1 is 1.56 bits per heavy atom. The van der Waals surface area contributed by atoms with Crippen LogP contribution in [0.1, 0.15) is 5.56 Å². The summed E-state index contributed by atoms with van der Waals surface area (Å²) in [5, 5.41) is 8.85. The summed E-state index contributed by atoms with van der Waals surface area (Å²) in [6, 6.07) is 4.54. The molecular formula is C11H8FN3O. The van der Waals surface area contributed by atoms with Gasteiger partial charge in [0.1, 0.15) is 12.4 Å². The predicted molar refractivity (Wildman–Crippen MR) is 56.3 cm³/mol. The maximum Gasteiger partial charge on any atom is 0.262 e. The van der Waals surface area contributed by atoms with Gasteiger partial charge in [-0.25, -0.2) is 9.37 Å². The van der Waals surface area contributed by atoms with Crippen molar-refractivity contribution in [2.24, 2.45) is 0 Å². The number of hydrogen-bond acceptors (Lipinski definition) is 3. The van der Waals surface area contributed by atoms with Gasteiger partial charge < -0.3 is 0 Å². The molecule has 0 aliphatic rings. The Labute approximate surface area is 90.6 Å². The van der Waals surface area contributed by atoms with Crippen molar-refractivity contribution in [2.75, 3.05) is 0 Å². The highest BCUT2D eigenvalue weighted by Gasteiger charge is 2.07. The van der Waals surface area contributed by atoms with E-state index >= 15 is 0 Å². The number of rotatable bonds is 1. The molecule has 0 spiro atoms. The second-order valence-electron chi connectivity index (χ2n) is 3.45. The molecule has 2 aromatic rings. The van der Waals surface area contributed by atoms with E-state index in [1.165, 1.54) is 23.0 Å². The molecule has 1 heterocycles. The Bertz CT molecular complexity index is 655. The molecule has 0 bridgehead atoms. The molecule has 0 saturated heterocycles. The average molecular weight is 217 g/mol. The maximum absolute atomic E-state index is 13.2. The van der Waals surface area contributed by atoms with E-state index in [1.54, 1.807) is 6.92 Å². The van der Waals surface area contributed by atoms with Crippen LogP contribution in [0, 0.1) is 24.1 Å². The second kappa shape index (κ2) is 3.74. The van der Waals surface area contributed by atoms with Gasteiger partial charge in [0.2, 0.25) is 0 Å². The second-order valence-corrected chi connectivity index (χ2v) is 3.45. The van der Waals surface area contributed by atoms with E-state index in [1.807, 2.05) is 6.07 Å². The summed E-state index contributed by atoms with van der Waals surface area (Å²) in [6.45, 7) is 1.52. The number of benzene rings is 1. The summed E-state index contributed by atoms with van der Waals surface area (Å²) in [7, 11) is 0. The fourth-order valence-corrected chi connectivity index (χ4v) is 1.48. The molecule has 0 N–H and O–H groups in total. The lowest BCUT2D eigenvalue weighted by atomic mass is 10.1. The highest BCUT2D eigenvalue weighted by atomic mass is 19.1. The quantitative estimate of drug-likeness (QED) is 0.724. The number of fused-ring (bicyclic) bond motifs is 1. The zero-order chi connectivity index (χ0) is 11.7. The zero-order valence-electron chi connectivity index (χ0n) is 8.57. The summed E-state index contributed by atoms with van der Waals surface area (Å²) in [5.41, 5.74) is 0.373. The van der Waals surface area contributed by atoms with E-state index in [2.05, 4.69) is 4.98 Å². The summed E-state index contributed by atoms with van der Waals surface area (Å²) in [4.78, 5) is 15.8. The van der Waals surface area contributed by atoms with Crippen molar-refractivity contribution in [1.82, 2.24) is 9.55 Å². The molecule has 0 atom stereocenters. The van der Waals surface area contributed by atoms with E-state index in [-0.39, 0.29) is 12.1 Å². The minimum Gasteiger partial charge on any atom is -0.285 e. The predicted octanol–water partition coefficient (Wildman–Crippen LogP) is 1.37. The van der Waals surface area contributed by atoms with Crippen molar-refractivity contribution in [1.29, 1.82) is 5.26 Å². The van der Waals surface area contributed by atoms with Crippen molar-refractivity contribution in [2.45, 2.75) is 13.5 Å². The van der Waals surface area contributed by atoms with Crippen LogP contribution in [0.25, 0.3) is 10.9 Å². The molecule has 4 nitrogen and oxygen atoms in total. The van der Waals surface area contributed by atoms with Crippen LogP contribution in [0.5, 0.6) is 0 Å². The number of nitrogens with zero attached hydrogens (tertiary/aromatic N) is 3. The summed E-state index contributed by atoms with van der Waals surface area (Å²) in [5.74, 6) is -0.391. The summed E-state index contributed by atoms with van der Waals surface area (Å²) < 4.78 is 14.4. The van der Waals surface area contributed by atoms with Gasteiger partial charge in [0.15, 0.2) is 0 Å². The lowest BCUT2D eigenvalue weighted by molar-refractivity contribution is 0.619. The van der Waals surface area contributed by atoms with Crippen LogP contribution in [0.15, 0.2) is 23.3 Å². The topological polar surface area (TPSA) is 58.7 Å². The Hall–Kier alpha value is -2.22. The van der Waals surface area contributed by atoms with Gasteiger partial charge in [-0.3, -0.25) is 9.36 Å². The third kappa shape index (κ3) is 1.54. The molecule has 0 fully saturated rings. The number of hydrogen-bond donors (Lipinski definition) is 0. The third-order valence-corrected chi connectivity index (χ3v) is 2.35. The van der Waals surface area contributed by atoms with Gasteiger partial charge >= 0.3 is 0 Å². The molecule has 80 valence electrons. The molecule has 0 aliphatic heterocycles. The largest absolute Gasteiger partial charge is 0.285 e. The van der Waals surface area contributed by atoms with Gasteiger partial charge in [-0.15, -0.1) is 0 Å². The minimum atomic E-state index is -0.391. The molecule has 1 aromatic carbocycles. The first-order chi connectivity index (χ1) is 7.63. The van der Waals surface area contributed by atoms with Crippen molar-refractivity contribution in [3.63, 3.8) is 0 Å². The first-order valence-electron chi connectivity index (χ1n) is 4.65. The van der Waals surface area contributed by atoms with Crippen LogP contribution in [0.3, 0.4) is 0 Å². The lowest BCUT2D eigenvalue weighted by Gasteiger charge is -2.03. The Balaban J connectivity index is 2.80. The SMILES string of the molecule is Cc1cc2c(=O)n(CC#N)cnc2cc1F. The molecule has 0 saturated carbocycles. The zero-order valence-corrected chi connectivity index (χ0v) is 8.57. The fraction of sp³-hybridized carbons (Fsp3) is 0.182. The molecule has 2 rings (SSSR count). The summed E-state index contributed by atoms with van der Waals surface area (Å²) >= 11 is 0. The molecular weight excluding hydrogens is 209 g/mol. The van der Waals surface area contributed by atoms with Crippen molar-refractivity contribution >= 4 is 10.9 Å². The van der Waals surface area contributed by atoms with E-state index in [4.69, 9.17) is 5.26 Å². The van der Waals surface area contributed by atoms with Gasteiger partial charge in [-0.1, -0.05) is 0 Å². The summed E-state index contributed by atoms with van der Waals surface area (Å²) in [6.07, 6.45) is 1.25. The maximum atomic E-state index is 13.2. The van der Waals surface area contributed by atoms with E-state index in [0.29, 0.717) is 16.5 Å². The Kier molecular flexibility index (Phi) is 2.41. The standard InChI is InChI=1S/C11H8FN3O/c1-7-4-8-10(5-9(7)12)14-6-15(3-2-13)11(8)16/h4-6H,3H2,1H3. The first kappa shape index (κ1) is 10.3. The number of halogens is 1. The van der Waals surface area contributed by atoms with Crippen LogP contribution in [0.4, 0.5) is 4.39 Å². The van der Waals surface area contributed by atoms with Crippen LogP contribution < -0.4 is 5.56 Å². The lowest BCUT2D eigenvalue weighted by Crippen LogP contribution is -2.20. The van der Waals surface area contributed by atoms with Crippen LogP contribution in [-0.4, -0.2) is 9.55 Å². The monoisotopic (exact) mass is 217 g/mol. The first-order valence-corrected chi connectivity index (χ1v) is 4.65. The Morgan fingerprint density at radius 2 is 2.31 bits per heavy atom. The van der Waals surface area contributed by atoms with Crippen LogP contribution in [0.2, 0.25) is 0 Å². The molecule has 0 aliphatic carbocycles. The van der Waals surface area contributed by atoms with Gasteiger partial charge in [0.05, 0.1) is 23.3 Å². The number of aromatic nitrogens is 2. The average Bonchev–Trinajstić information content (AvgIpc) is 2.26. The molecule has 0 radical (unpaired) electrons. The molecule has 1 aromatic heterocycles. The number of aryl methyl sites for hydroxylation is 1. The van der Waals surface area contributed by atoms with Crippen molar-refractivity contribution in [3.8, 4) is 6.07 Å². The molecule has 16 heavy (non-hydrogen) atoms. The molecule has 0 unspecified atom stereocenters. The fourth-order valence-electron chi connectivity index (χ4n) is 1.48. The van der Waals surface area contributed by atoms with Crippen LogP contribution in [-0.2, 0) is 6.54 Å². The van der Waals surface area contributed by atoms with Crippen LogP contribution >= 0.6 is 0 Å². The highest BCUT2D eigenvalue weighted by molar-refractivity contribution is 5.78. The van der Waals surface area contributed by atoms with Crippen molar-refractivity contribution < 1.29 is 4.39 Å². The van der Waals surface area contributed by atoms with E-state index in [9.17, 15) is 9.18 Å². The molecule has 0 amide bonds. The van der Waals surface area contributed by atoms with E-state index in [0.717, 1.165) is 0 Å². The van der Waals surface area contributed by atoms with Gasteiger partial charge in [-0.2, -0.15) is 5.26 Å². The third-order valence-electron chi connectivity index (χ3n) is 2.35.